The van der Waals surface area contributed by atoms with Gasteiger partial charge in [0, 0.05) is 43.1 Å². The molecule has 0 radical (unpaired) electrons. The zero-order chi connectivity index (χ0) is 20.6. The Morgan fingerprint density at radius 3 is 2.29 bits per heavy atom. The van der Waals surface area contributed by atoms with E-state index in [1.165, 1.54) is 12.1 Å². The number of rotatable bonds is 8. The van der Waals surface area contributed by atoms with Gasteiger partial charge in [0.05, 0.1) is 0 Å². The Labute approximate surface area is 165 Å². The topological polar surface area (TPSA) is 88.4 Å². The van der Waals surface area contributed by atoms with Crippen molar-refractivity contribution in [3.05, 3.63) is 59.4 Å². The lowest BCUT2D eigenvalue weighted by atomic mass is 10.1. The molecule has 152 valence electrons. The average molecular weight is 388 g/mol. The van der Waals surface area contributed by atoms with Crippen molar-refractivity contribution >= 4 is 17.5 Å². The van der Waals surface area contributed by atoms with E-state index in [0.717, 1.165) is 22.5 Å². The van der Waals surface area contributed by atoms with Crippen molar-refractivity contribution in [2.45, 2.75) is 39.5 Å². The van der Waals surface area contributed by atoms with Gasteiger partial charge < -0.3 is 26.4 Å². The van der Waals surface area contributed by atoms with Gasteiger partial charge in [-0.15, -0.1) is 0 Å². The number of halogens is 1. The highest BCUT2D eigenvalue weighted by Crippen LogP contribution is 2.24. The van der Waals surface area contributed by atoms with Gasteiger partial charge in [0.25, 0.3) is 0 Å². The number of nitrogens with one attached hydrogen (secondary N) is 3. The minimum absolute atomic E-state index is 0.252. The molecule has 5 N–H and O–H groups in total. The number of hydrogen-bond acceptors (Lipinski definition) is 5. The van der Waals surface area contributed by atoms with Crippen LogP contribution in [-0.4, -0.2) is 24.8 Å². The van der Waals surface area contributed by atoms with Crippen LogP contribution in [0.3, 0.4) is 0 Å². The predicted octanol–water partition coefficient (Wildman–Crippen LogP) is 3.83. The number of ether oxygens (including phenoxy) is 1. The Morgan fingerprint density at radius 2 is 1.68 bits per heavy atom. The Bertz CT molecular complexity index is 773. The van der Waals surface area contributed by atoms with Crippen molar-refractivity contribution < 1.29 is 13.9 Å². The van der Waals surface area contributed by atoms with Gasteiger partial charge in [0.1, 0.15) is 11.4 Å². The predicted molar refractivity (Wildman–Crippen MR) is 111 cm³/mol. The van der Waals surface area contributed by atoms with Crippen LogP contribution in [0.25, 0.3) is 0 Å². The van der Waals surface area contributed by atoms with Crippen molar-refractivity contribution in [2.75, 3.05) is 23.7 Å². The van der Waals surface area contributed by atoms with E-state index in [0.29, 0.717) is 26.2 Å². The van der Waals surface area contributed by atoms with Crippen LogP contribution in [0.15, 0.2) is 42.5 Å². The maximum absolute atomic E-state index is 13.0. The van der Waals surface area contributed by atoms with Crippen LogP contribution in [-0.2, 0) is 17.8 Å². The van der Waals surface area contributed by atoms with E-state index >= 15 is 0 Å². The highest BCUT2D eigenvalue weighted by atomic mass is 19.1. The van der Waals surface area contributed by atoms with Crippen molar-refractivity contribution in [1.82, 2.24) is 5.32 Å². The molecule has 0 bridgehead atoms. The molecule has 0 unspecified atom stereocenters. The van der Waals surface area contributed by atoms with Gasteiger partial charge >= 0.3 is 6.09 Å². The summed E-state index contributed by atoms with van der Waals surface area (Å²) in [6, 6.07) is 12.2. The van der Waals surface area contributed by atoms with E-state index in [1.54, 1.807) is 12.1 Å². The number of carbonyl (C=O) groups is 1. The zero-order valence-corrected chi connectivity index (χ0v) is 16.6. The molecule has 0 atom stereocenters. The zero-order valence-electron chi connectivity index (χ0n) is 16.6. The molecular formula is C21H29FN4O2. The van der Waals surface area contributed by atoms with Crippen LogP contribution in [0.4, 0.5) is 20.6 Å². The highest BCUT2D eigenvalue weighted by Gasteiger charge is 2.15. The van der Waals surface area contributed by atoms with E-state index < -0.39 is 11.7 Å². The first-order valence-corrected chi connectivity index (χ1v) is 9.29. The summed E-state index contributed by atoms with van der Waals surface area (Å²) in [6.45, 7) is 7.35. The van der Waals surface area contributed by atoms with Crippen LogP contribution >= 0.6 is 0 Å². The Morgan fingerprint density at radius 1 is 1.04 bits per heavy atom. The monoisotopic (exact) mass is 388 g/mol. The smallest absolute Gasteiger partial charge is 0.407 e. The van der Waals surface area contributed by atoms with Gasteiger partial charge in [-0.2, -0.15) is 0 Å². The maximum atomic E-state index is 13.0. The molecule has 1 amide bonds. The lowest BCUT2D eigenvalue weighted by molar-refractivity contribution is 0.0530. The molecule has 0 aliphatic rings. The second-order valence-electron chi connectivity index (χ2n) is 7.37. The average Bonchev–Trinajstić information content (AvgIpc) is 2.63. The standard InChI is InChI=1S/C21H29FN4O2/c1-21(2,3)28-20(27)25-12-11-24-18-5-4-6-19(17(18)13-23)26-14-15-7-9-16(22)10-8-15/h4-10,24,26H,11-14,23H2,1-3H3,(H,25,27). The molecule has 0 spiro atoms. The van der Waals surface area contributed by atoms with Crippen LogP contribution < -0.4 is 21.7 Å². The third-order valence-electron chi connectivity index (χ3n) is 3.89. The molecule has 0 saturated heterocycles. The molecule has 7 heteroatoms. The summed E-state index contributed by atoms with van der Waals surface area (Å²) in [5, 5.41) is 9.34. The van der Waals surface area contributed by atoms with Crippen molar-refractivity contribution in [3.8, 4) is 0 Å². The fraction of sp³-hybridized carbons (Fsp3) is 0.381. The van der Waals surface area contributed by atoms with E-state index in [9.17, 15) is 9.18 Å². The summed E-state index contributed by atoms with van der Waals surface area (Å²) in [4.78, 5) is 11.7. The minimum Gasteiger partial charge on any atom is -0.444 e. The molecule has 0 fully saturated rings. The normalized spacial score (nSPS) is 11.0. The second kappa shape index (κ2) is 9.94. The minimum atomic E-state index is -0.519. The lowest BCUT2D eigenvalue weighted by Gasteiger charge is -2.20. The summed E-state index contributed by atoms with van der Waals surface area (Å²) in [5.74, 6) is -0.252. The van der Waals surface area contributed by atoms with Gasteiger partial charge in [-0.05, 0) is 50.6 Å². The molecule has 0 aliphatic carbocycles. The number of hydrogen-bond donors (Lipinski definition) is 4. The number of amides is 1. The fourth-order valence-electron chi connectivity index (χ4n) is 2.61. The van der Waals surface area contributed by atoms with E-state index in [4.69, 9.17) is 10.5 Å². The molecule has 0 aromatic heterocycles. The molecule has 0 aliphatic heterocycles. The Hall–Kier alpha value is -2.80. The fourth-order valence-corrected chi connectivity index (χ4v) is 2.61. The quantitative estimate of drug-likeness (QED) is 0.516. The summed E-state index contributed by atoms with van der Waals surface area (Å²) < 4.78 is 18.2. The van der Waals surface area contributed by atoms with Crippen molar-refractivity contribution in [2.24, 2.45) is 5.73 Å². The summed E-state index contributed by atoms with van der Waals surface area (Å²) in [7, 11) is 0. The number of anilines is 2. The lowest BCUT2D eigenvalue weighted by Crippen LogP contribution is -2.35. The molecule has 2 aromatic carbocycles. The first-order valence-electron chi connectivity index (χ1n) is 9.29. The molecule has 6 nitrogen and oxygen atoms in total. The first-order chi connectivity index (χ1) is 13.3. The largest absolute Gasteiger partial charge is 0.444 e. The van der Waals surface area contributed by atoms with Gasteiger partial charge in [0.2, 0.25) is 0 Å². The summed E-state index contributed by atoms with van der Waals surface area (Å²) >= 11 is 0. The van der Waals surface area contributed by atoms with Gasteiger partial charge in [-0.1, -0.05) is 18.2 Å². The SMILES string of the molecule is CC(C)(C)OC(=O)NCCNc1cccc(NCc2ccc(F)cc2)c1CN. The maximum Gasteiger partial charge on any atom is 0.407 e. The van der Waals surface area contributed by atoms with Crippen molar-refractivity contribution in [3.63, 3.8) is 0 Å². The van der Waals surface area contributed by atoms with Gasteiger partial charge in [0.15, 0.2) is 0 Å². The molecule has 2 rings (SSSR count). The van der Waals surface area contributed by atoms with Crippen LogP contribution in [0, 0.1) is 5.82 Å². The number of carbonyl (C=O) groups excluding carboxylic acids is 1. The summed E-state index contributed by atoms with van der Waals surface area (Å²) in [5.41, 5.74) is 9.16. The Balaban J connectivity index is 1.90. The van der Waals surface area contributed by atoms with Gasteiger partial charge in [-0.25, -0.2) is 9.18 Å². The third kappa shape index (κ3) is 7.08. The van der Waals surface area contributed by atoms with Crippen LogP contribution in [0.1, 0.15) is 31.9 Å². The van der Waals surface area contributed by atoms with Crippen LogP contribution in [0.5, 0.6) is 0 Å². The molecule has 28 heavy (non-hydrogen) atoms. The molecule has 0 saturated carbocycles. The molecule has 2 aromatic rings. The number of benzene rings is 2. The second-order valence-corrected chi connectivity index (χ2v) is 7.37. The van der Waals surface area contributed by atoms with Crippen LogP contribution in [0.2, 0.25) is 0 Å². The van der Waals surface area contributed by atoms with Crippen molar-refractivity contribution in [1.29, 1.82) is 0 Å². The number of nitrogens with two attached hydrogens (primary N) is 1. The van der Waals surface area contributed by atoms with E-state index in [-0.39, 0.29) is 5.82 Å². The molecular weight excluding hydrogens is 359 g/mol. The van der Waals surface area contributed by atoms with Gasteiger partial charge in [-0.3, -0.25) is 0 Å². The Kier molecular flexibility index (Phi) is 7.63. The van der Waals surface area contributed by atoms with E-state index in [1.807, 2.05) is 39.0 Å². The van der Waals surface area contributed by atoms with E-state index in [2.05, 4.69) is 16.0 Å². The highest BCUT2D eigenvalue weighted by molar-refractivity contribution is 5.68. The molecule has 0 heterocycles. The third-order valence-corrected chi connectivity index (χ3v) is 3.89. The first kappa shape index (κ1) is 21.5. The number of alkyl carbamates (subject to hydrolysis) is 1. The summed E-state index contributed by atoms with van der Waals surface area (Å²) in [6.07, 6.45) is -0.442.